The maximum atomic E-state index is 13.6. The van der Waals surface area contributed by atoms with Gasteiger partial charge in [-0.2, -0.15) is 0 Å². The summed E-state index contributed by atoms with van der Waals surface area (Å²) in [5.74, 6) is 0.505. The number of amides is 1. The van der Waals surface area contributed by atoms with E-state index >= 15 is 0 Å². The highest BCUT2D eigenvalue weighted by molar-refractivity contribution is 5.92. The first-order valence-electron chi connectivity index (χ1n) is 11.1. The average molecular weight is 469 g/mol. The van der Waals surface area contributed by atoms with Crippen LogP contribution in [0.4, 0.5) is 11.6 Å². The van der Waals surface area contributed by atoms with Gasteiger partial charge in [0.2, 0.25) is 5.91 Å². The van der Waals surface area contributed by atoms with Gasteiger partial charge in [-0.15, -0.1) is 0 Å². The third kappa shape index (κ3) is 5.82. The number of aldehydes is 1. The molecule has 182 valence electrons. The molecule has 0 bridgehead atoms. The number of carbonyl (C=O) groups is 2. The minimum atomic E-state index is -0.407. The number of aliphatic hydroxyl groups is 1. The van der Waals surface area contributed by atoms with Gasteiger partial charge < -0.3 is 15.2 Å². The van der Waals surface area contributed by atoms with Crippen molar-refractivity contribution in [1.29, 1.82) is 0 Å². The van der Waals surface area contributed by atoms with Crippen molar-refractivity contribution in [2.45, 2.75) is 39.7 Å². The summed E-state index contributed by atoms with van der Waals surface area (Å²) in [4.78, 5) is 51.6. The van der Waals surface area contributed by atoms with Crippen molar-refractivity contribution in [3.05, 3.63) is 52.6 Å². The number of carbonyl (C=O) groups excluding carboxylic acids is 2. The number of hydrogen-bond acceptors (Lipinski definition) is 8. The number of fused-ring (bicyclic) bond motifs is 1. The molecule has 0 aromatic carbocycles. The van der Waals surface area contributed by atoms with E-state index in [-0.39, 0.29) is 29.6 Å². The standard InChI is InChI=1S/C23H28N6O3.CH4O/c1-5-19(31)28(4)18-11-10-17-22(27-18)29(23(32)21(26-17)25-13-8-14-30)20(15(2)3)16-9-6-7-12-24-16;1-2/h6-7,9-12,14-15,20H,5,8,13H2,1-4H3,(H,25,26);2H,1H3. The molecule has 0 radical (unpaired) electrons. The fourth-order valence-electron chi connectivity index (χ4n) is 3.57. The fourth-order valence-corrected chi connectivity index (χ4v) is 3.57. The molecule has 10 heteroatoms. The van der Waals surface area contributed by atoms with E-state index in [2.05, 4.69) is 20.3 Å². The van der Waals surface area contributed by atoms with E-state index in [0.29, 0.717) is 29.9 Å². The van der Waals surface area contributed by atoms with Gasteiger partial charge in [0.25, 0.3) is 5.56 Å². The van der Waals surface area contributed by atoms with E-state index in [1.54, 1.807) is 36.9 Å². The zero-order valence-electron chi connectivity index (χ0n) is 20.2. The van der Waals surface area contributed by atoms with Gasteiger partial charge in [0.05, 0.1) is 11.7 Å². The van der Waals surface area contributed by atoms with Gasteiger partial charge in [-0.3, -0.25) is 24.0 Å². The van der Waals surface area contributed by atoms with Crippen molar-refractivity contribution in [3.63, 3.8) is 0 Å². The number of hydrogen-bond donors (Lipinski definition) is 2. The van der Waals surface area contributed by atoms with Crippen molar-refractivity contribution < 1.29 is 14.7 Å². The van der Waals surface area contributed by atoms with Crippen LogP contribution in [-0.4, -0.2) is 57.5 Å². The highest BCUT2D eigenvalue weighted by Crippen LogP contribution is 2.28. The highest BCUT2D eigenvalue weighted by Gasteiger charge is 2.26. The zero-order chi connectivity index (χ0) is 25.3. The van der Waals surface area contributed by atoms with Gasteiger partial charge >= 0.3 is 0 Å². The Labute approximate surface area is 198 Å². The van der Waals surface area contributed by atoms with Crippen LogP contribution in [0.3, 0.4) is 0 Å². The Bertz CT molecular complexity index is 1160. The molecule has 3 aromatic rings. The van der Waals surface area contributed by atoms with E-state index in [1.807, 2.05) is 32.0 Å². The van der Waals surface area contributed by atoms with E-state index < -0.39 is 6.04 Å². The number of anilines is 2. The Morgan fingerprint density at radius 3 is 2.53 bits per heavy atom. The number of pyridine rings is 2. The largest absolute Gasteiger partial charge is 0.400 e. The molecule has 3 aromatic heterocycles. The van der Waals surface area contributed by atoms with Gasteiger partial charge in [0.1, 0.15) is 17.6 Å². The molecular weight excluding hydrogens is 436 g/mol. The molecule has 0 aliphatic heterocycles. The Kier molecular flexibility index (Phi) is 9.81. The summed E-state index contributed by atoms with van der Waals surface area (Å²) in [5, 5.41) is 9.97. The minimum absolute atomic E-state index is 0.0106. The van der Waals surface area contributed by atoms with Gasteiger partial charge in [-0.05, 0) is 30.2 Å². The van der Waals surface area contributed by atoms with Crippen molar-refractivity contribution in [2.75, 3.05) is 30.9 Å². The van der Waals surface area contributed by atoms with Crippen LogP contribution < -0.4 is 15.8 Å². The molecule has 1 amide bonds. The first-order valence-corrected chi connectivity index (χ1v) is 11.1. The summed E-state index contributed by atoms with van der Waals surface area (Å²) in [6, 6.07) is 8.62. The van der Waals surface area contributed by atoms with Crippen LogP contribution in [0.5, 0.6) is 0 Å². The minimum Gasteiger partial charge on any atom is -0.400 e. The molecule has 1 atom stereocenters. The topological polar surface area (TPSA) is 130 Å². The van der Waals surface area contributed by atoms with Crippen LogP contribution in [0.2, 0.25) is 0 Å². The molecule has 0 aliphatic carbocycles. The molecule has 2 N–H and O–H groups in total. The lowest BCUT2D eigenvalue weighted by Gasteiger charge is -2.25. The second-order valence-corrected chi connectivity index (χ2v) is 7.78. The van der Waals surface area contributed by atoms with Gasteiger partial charge in [0.15, 0.2) is 11.5 Å². The summed E-state index contributed by atoms with van der Waals surface area (Å²) >= 11 is 0. The van der Waals surface area contributed by atoms with Gasteiger partial charge in [0, 0.05) is 39.7 Å². The lowest BCUT2D eigenvalue weighted by molar-refractivity contribution is -0.118. The monoisotopic (exact) mass is 468 g/mol. The lowest BCUT2D eigenvalue weighted by Crippen LogP contribution is -2.33. The molecule has 34 heavy (non-hydrogen) atoms. The molecule has 3 heterocycles. The van der Waals surface area contributed by atoms with Crippen molar-refractivity contribution >= 4 is 35.0 Å². The lowest BCUT2D eigenvalue weighted by atomic mass is 9.99. The Morgan fingerprint density at radius 1 is 1.21 bits per heavy atom. The second-order valence-electron chi connectivity index (χ2n) is 7.78. The van der Waals surface area contributed by atoms with Crippen LogP contribution in [0.15, 0.2) is 41.3 Å². The Hall–Kier alpha value is -3.66. The molecule has 0 saturated carbocycles. The number of nitrogens with zero attached hydrogens (tertiary/aromatic N) is 5. The molecule has 0 aliphatic rings. The first kappa shape index (κ1) is 26.6. The first-order chi connectivity index (χ1) is 16.4. The maximum Gasteiger partial charge on any atom is 0.295 e. The van der Waals surface area contributed by atoms with Crippen molar-refractivity contribution in [2.24, 2.45) is 5.92 Å². The number of aliphatic hydroxyl groups excluding tert-OH is 1. The SMILES string of the molecule is CCC(=O)N(C)c1ccc2nc(NCCC=O)c(=O)n(C(c3ccccn3)C(C)C)c2n1.CO. The smallest absolute Gasteiger partial charge is 0.295 e. The van der Waals surface area contributed by atoms with Crippen LogP contribution >= 0.6 is 0 Å². The zero-order valence-corrected chi connectivity index (χ0v) is 20.2. The highest BCUT2D eigenvalue weighted by atomic mass is 16.2. The van der Waals surface area contributed by atoms with E-state index in [0.717, 1.165) is 19.1 Å². The Balaban J connectivity index is 0.00000199. The predicted octanol–water partition coefficient (Wildman–Crippen LogP) is 2.41. The molecular formula is C24H32N6O4. The molecule has 0 fully saturated rings. The van der Waals surface area contributed by atoms with Crippen molar-refractivity contribution in [1.82, 2.24) is 19.5 Å². The van der Waals surface area contributed by atoms with E-state index in [9.17, 15) is 14.4 Å². The molecule has 1 unspecified atom stereocenters. The fraction of sp³-hybridized carbons (Fsp3) is 0.417. The number of nitrogens with one attached hydrogen (secondary N) is 1. The average Bonchev–Trinajstić information content (AvgIpc) is 2.86. The van der Waals surface area contributed by atoms with Crippen LogP contribution in [0, 0.1) is 5.92 Å². The number of rotatable bonds is 9. The summed E-state index contributed by atoms with van der Waals surface area (Å²) in [6.45, 7) is 6.10. The predicted molar refractivity (Wildman–Crippen MR) is 132 cm³/mol. The molecule has 3 rings (SSSR count). The van der Waals surface area contributed by atoms with E-state index in [4.69, 9.17) is 5.11 Å². The second kappa shape index (κ2) is 12.5. The summed E-state index contributed by atoms with van der Waals surface area (Å²) in [6.07, 6.45) is 3.07. The van der Waals surface area contributed by atoms with Crippen molar-refractivity contribution in [3.8, 4) is 0 Å². The Morgan fingerprint density at radius 2 is 1.94 bits per heavy atom. The molecule has 10 nitrogen and oxygen atoms in total. The quantitative estimate of drug-likeness (QED) is 0.362. The summed E-state index contributed by atoms with van der Waals surface area (Å²) < 4.78 is 1.59. The third-order valence-corrected chi connectivity index (χ3v) is 5.20. The normalized spacial score (nSPS) is 11.5. The summed E-state index contributed by atoms with van der Waals surface area (Å²) in [5.41, 5.74) is 1.23. The molecule has 0 spiro atoms. The third-order valence-electron chi connectivity index (χ3n) is 5.20. The van der Waals surface area contributed by atoms with Gasteiger partial charge in [-0.1, -0.05) is 26.8 Å². The van der Waals surface area contributed by atoms with Gasteiger partial charge in [-0.25, -0.2) is 9.97 Å². The number of aromatic nitrogens is 4. The van der Waals surface area contributed by atoms with Crippen LogP contribution in [-0.2, 0) is 9.59 Å². The molecule has 0 saturated heterocycles. The maximum absolute atomic E-state index is 13.6. The summed E-state index contributed by atoms with van der Waals surface area (Å²) in [7, 11) is 2.66. The van der Waals surface area contributed by atoms with E-state index in [1.165, 1.54) is 4.90 Å². The van der Waals surface area contributed by atoms with Crippen LogP contribution in [0.1, 0.15) is 45.3 Å². The van der Waals surface area contributed by atoms with Crippen LogP contribution in [0.25, 0.3) is 11.2 Å².